The second kappa shape index (κ2) is 8.65. The van der Waals surface area contributed by atoms with Gasteiger partial charge in [0, 0.05) is 50.5 Å². The second-order valence-corrected chi connectivity index (χ2v) is 9.91. The van der Waals surface area contributed by atoms with Crippen molar-refractivity contribution in [2.75, 3.05) is 54.7 Å². The number of rotatable bonds is 5. The van der Waals surface area contributed by atoms with E-state index in [1.165, 1.54) is 4.31 Å². The summed E-state index contributed by atoms with van der Waals surface area (Å²) in [5.74, 6) is -0.0476. The number of carbonyl (C=O) groups excluding carboxylic acids is 1. The van der Waals surface area contributed by atoms with Crippen LogP contribution in [0.5, 0.6) is 0 Å². The molecule has 160 valence electrons. The van der Waals surface area contributed by atoms with Crippen LogP contribution in [0.1, 0.15) is 22.3 Å². The summed E-state index contributed by atoms with van der Waals surface area (Å²) in [4.78, 5) is 17.5. The molecule has 0 spiro atoms. The number of nitrogens with zero attached hydrogens (tertiary/aromatic N) is 3. The van der Waals surface area contributed by atoms with E-state index in [4.69, 9.17) is 0 Å². The van der Waals surface area contributed by atoms with E-state index in [9.17, 15) is 13.2 Å². The molecule has 2 aromatic carbocycles. The van der Waals surface area contributed by atoms with Crippen LogP contribution < -0.4 is 14.5 Å². The Labute approximate surface area is 178 Å². The normalized spacial score (nSPS) is 19.1. The third-order valence-corrected chi connectivity index (χ3v) is 7.64. The molecule has 2 aromatic rings. The third-order valence-electron chi connectivity index (χ3n) is 5.77. The Balaban J connectivity index is 1.45. The molecule has 4 rings (SSSR count). The molecule has 2 aliphatic rings. The van der Waals surface area contributed by atoms with E-state index in [0.29, 0.717) is 30.8 Å². The van der Waals surface area contributed by atoms with Crippen molar-refractivity contribution in [2.45, 2.75) is 13.0 Å². The summed E-state index contributed by atoms with van der Waals surface area (Å²) in [6.07, 6.45) is 0.613. The summed E-state index contributed by atoms with van der Waals surface area (Å²) in [5, 5.41) is 3.00. The van der Waals surface area contributed by atoms with Crippen molar-refractivity contribution in [3.05, 3.63) is 59.7 Å². The number of carbonyl (C=O) groups is 1. The number of para-hydroxylation sites is 1. The summed E-state index contributed by atoms with van der Waals surface area (Å²) in [7, 11) is -1.14. The van der Waals surface area contributed by atoms with Gasteiger partial charge in [0.05, 0.1) is 11.4 Å². The van der Waals surface area contributed by atoms with Crippen molar-refractivity contribution >= 4 is 27.3 Å². The minimum atomic E-state index is -3.27. The Bertz CT molecular complexity index is 1020. The van der Waals surface area contributed by atoms with Gasteiger partial charge in [0.15, 0.2) is 0 Å². The molecule has 0 unspecified atom stereocenters. The van der Waals surface area contributed by atoms with Crippen LogP contribution in [0.25, 0.3) is 0 Å². The molecule has 7 nitrogen and oxygen atoms in total. The number of nitrogens with one attached hydrogen (secondary N) is 1. The highest BCUT2D eigenvalue weighted by Gasteiger charge is 2.28. The molecule has 2 aliphatic heterocycles. The van der Waals surface area contributed by atoms with Gasteiger partial charge in [-0.15, -0.1) is 0 Å². The average molecular weight is 429 g/mol. The molecule has 1 N–H and O–H groups in total. The number of hydrogen-bond donors (Lipinski definition) is 1. The number of hydrogen-bond acceptors (Lipinski definition) is 5. The van der Waals surface area contributed by atoms with E-state index in [1.54, 1.807) is 24.3 Å². The maximum atomic E-state index is 12.8. The number of amides is 1. The summed E-state index contributed by atoms with van der Waals surface area (Å²) in [5.41, 5.74) is 3.25. The second-order valence-electron chi connectivity index (χ2n) is 7.89. The van der Waals surface area contributed by atoms with Crippen molar-refractivity contribution in [1.82, 2.24) is 10.2 Å². The van der Waals surface area contributed by atoms with E-state index >= 15 is 0 Å². The molecular formula is C22H28N4O3S. The van der Waals surface area contributed by atoms with Gasteiger partial charge in [-0.3, -0.25) is 9.10 Å². The molecule has 8 heteroatoms. The average Bonchev–Trinajstić information content (AvgIpc) is 3.12. The Hall–Kier alpha value is -2.58. The number of sulfonamides is 1. The van der Waals surface area contributed by atoms with Gasteiger partial charge >= 0.3 is 0 Å². The Kier molecular flexibility index (Phi) is 5.97. The van der Waals surface area contributed by atoms with Crippen LogP contribution in [0, 0.1) is 0 Å². The van der Waals surface area contributed by atoms with Gasteiger partial charge in [-0.1, -0.05) is 24.3 Å². The zero-order chi connectivity index (χ0) is 21.1. The summed E-state index contributed by atoms with van der Waals surface area (Å²) in [6, 6.07) is 15.0. The zero-order valence-electron chi connectivity index (χ0n) is 17.3. The van der Waals surface area contributed by atoms with E-state index in [1.807, 2.05) is 18.2 Å². The number of likely N-dealkylation sites (N-methyl/N-ethyl adjacent to an activating group) is 1. The first-order valence-corrected chi connectivity index (χ1v) is 11.9. The van der Waals surface area contributed by atoms with Gasteiger partial charge < -0.3 is 15.1 Å². The maximum Gasteiger partial charge on any atom is 0.251 e. The summed E-state index contributed by atoms with van der Waals surface area (Å²) < 4.78 is 25.8. The molecular weight excluding hydrogens is 400 g/mol. The smallest absolute Gasteiger partial charge is 0.251 e. The molecule has 2 fully saturated rings. The summed E-state index contributed by atoms with van der Waals surface area (Å²) in [6.45, 7) is 4.86. The zero-order valence-corrected chi connectivity index (χ0v) is 18.1. The minimum Gasteiger partial charge on any atom is -0.369 e. The standard InChI is InChI=1S/C22H28N4O3S/c1-24-11-13-25(14-12-24)21-9-3-2-6-19(21)17-23-22(27)18-7-4-8-20(16-18)26-10-5-15-30(26,28)29/h2-4,6-9,16H,5,10-15,17H2,1H3,(H,23,27). The monoisotopic (exact) mass is 428 g/mol. The molecule has 2 saturated heterocycles. The van der Waals surface area contributed by atoms with E-state index in [0.717, 1.165) is 37.4 Å². The van der Waals surface area contributed by atoms with Crippen LogP contribution in [0.2, 0.25) is 0 Å². The lowest BCUT2D eigenvalue weighted by atomic mass is 10.1. The first-order valence-electron chi connectivity index (χ1n) is 10.3. The predicted octanol–water partition coefficient (Wildman–Crippen LogP) is 1.91. The largest absolute Gasteiger partial charge is 0.369 e. The Morgan fingerprint density at radius 3 is 2.50 bits per heavy atom. The fraction of sp³-hybridized carbons (Fsp3) is 0.409. The van der Waals surface area contributed by atoms with Crippen molar-refractivity contribution in [2.24, 2.45) is 0 Å². The van der Waals surface area contributed by atoms with Crippen LogP contribution in [-0.4, -0.2) is 64.7 Å². The first kappa shape index (κ1) is 20.7. The highest BCUT2D eigenvalue weighted by Crippen LogP contribution is 2.25. The van der Waals surface area contributed by atoms with Crippen LogP contribution in [-0.2, 0) is 16.6 Å². The highest BCUT2D eigenvalue weighted by atomic mass is 32.2. The van der Waals surface area contributed by atoms with Gasteiger partial charge in [0.1, 0.15) is 0 Å². The van der Waals surface area contributed by atoms with Crippen molar-refractivity contribution in [3.8, 4) is 0 Å². The third kappa shape index (κ3) is 4.44. The van der Waals surface area contributed by atoms with E-state index in [2.05, 4.69) is 28.2 Å². The van der Waals surface area contributed by atoms with Gasteiger partial charge in [0.2, 0.25) is 10.0 Å². The van der Waals surface area contributed by atoms with Gasteiger partial charge in [-0.05, 0) is 43.3 Å². The molecule has 0 radical (unpaired) electrons. The van der Waals surface area contributed by atoms with Crippen LogP contribution in [0.3, 0.4) is 0 Å². The van der Waals surface area contributed by atoms with Crippen molar-refractivity contribution in [3.63, 3.8) is 0 Å². The van der Waals surface area contributed by atoms with Gasteiger partial charge in [0.25, 0.3) is 5.91 Å². The molecule has 1 amide bonds. The Morgan fingerprint density at radius 2 is 1.77 bits per heavy atom. The number of anilines is 2. The lowest BCUT2D eigenvalue weighted by molar-refractivity contribution is 0.0951. The van der Waals surface area contributed by atoms with Crippen LogP contribution in [0.15, 0.2) is 48.5 Å². The Morgan fingerprint density at radius 1 is 1.00 bits per heavy atom. The van der Waals surface area contributed by atoms with Crippen molar-refractivity contribution < 1.29 is 13.2 Å². The summed E-state index contributed by atoms with van der Waals surface area (Å²) >= 11 is 0. The molecule has 0 bridgehead atoms. The topological polar surface area (TPSA) is 73.0 Å². The minimum absolute atomic E-state index is 0.159. The molecule has 0 atom stereocenters. The number of benzene rings is 2. The lowest BCUT2D eigenvalue weighted by Crippen LogP contribution is -2.45. The van der Waals surface area contributed by atoms with Gasteiger partial charge in [-0.2, -0.15) is 0 Å². The fourth-order valence-electron chi connectivity index (χ4n) is 4.03. The SMILES string of the molecule is CN1CCN(c2ccccc2CNC(=O)c2cccc(N3CCCS3(=O)=O)c2)CC1. The maximum absolute atomic E-state index is 12.8. The molecule has 30 heavy (non-hydrogen) atoms. The fourth-order valence-corrected chi connectivity index (χ4v) is 5.58. The molecule has 0 aliphatic carbocycles. The van der Waals surface area contributed by atoms with Crippen LogP contribution >= 0.6 is 0 Å². The predicted molar refractivity (Wildman–Crippen MR) is 120 cm³/mol. The van der Waals surface area contributed by atoms with Crippen LogP contribution in [0.4, 0.5) is 11.4 Å². The van der Waals surface area contributed by atoms with Gasteiger partial charge in [-0.25, -0.2) is 8.42 Å². The number of piperazine rings is 1. The quantitative estimate of drug-likeness (QED) is 0.788. The highest BCUT2D eigenvalue weighted by molar-refractivity contribution is 7.93. The van der Waals surface area contributed by atoms with Crippen molar-refractivity contribution in [1.29, 1.82) is 0 Å². The molecule has 0 saturated carbocycles. The van der Waals surface area contributed by atoms with E-state index in [-0.39, 0.29) is 11.7 Å². The van der Waals surface area contributed by atoms with E-state index < -0.39 is 10.0 Å². The molecule has 2 heterocycles. The molecule has 0 aromatic heterocycles. The first-order chi connectivity index (χ1) is 14.4. The lowest BCUT2D eigenvalue weighted by Gasteiger charge is -2.35.